The molecular weight excluding hydrogens is 1370 g/mol. The van der Waals surface area contributed by atoms with Crippen LogP contribution in [0.2, 0.25) is 0 Å². The summed E-state index contributed by atoms with van der Waals surface area (Å²) in [6, 6.07) is 123. The Morgan fingerprint density at radius 1 is 0.223 bits per heavy atom. The van der Waals surface area contributed by atoms with E-state index in [-0.39, 0.29) is 0 Å². The Morgan fingerprint density at radius 3 is 0.786 bits per heavy atom. The van der Waals surface area contributed by atoms with Crippen LogP contribution in [-0.2, 0) is 0 Å². The van der Waals surface area contributed by atoms with Crippen LogP contribution < -0.4 is 0 Å². The molecule has 112 heavy (non-hydrogen) atoms. The molecule has 15 aromatic carbocycles. The van der Waals surface area contributed by atoms with Gasteiger partial charge in [-0.15, -0.1) is 0 Å². The first-order valence-electron chi connectivity index (χ1n) is 36.5. The van der Waals surface area contributed by atoms with Crippen molar-refractivity contribution in [2.75, 3.05) is 0 Å². The van der Waals surface area contributed by atoms with Crippen LogP contribution in [0.1, 0.15) is 11.1 Å². The standard InChI is InChI=1S/C100H58N12/c1-103-81-36-18-34-73(53-81)77-40-46-91-85(57-77)86-58-78(74-35-19-37-82(54-74)104-2)41-47-92(86)112(91)94-49-43-80(60-88(94)100-109-97(67-26-11-5-12-27-67)106-98(110-100)68-28-13-6-14-29-68)72-33-17-32-71(52-72)79-42-48-93(87(59-79)99-107-95(65-22-7-3-8-23-65)105-96(108-99)66-24-9-4-10-25-66)111-89-44-38-75(69-30-15-20-63(50-69)61-101)55-83(89)84-56-76(39-45-90(84)111)70-31-16-21-64(51-70)62-102/h3-60H. The van der Waals surface area contributed by atoms with E-state index in [1.807, 2.05) is 218 Å². The summed E-state index contributed by atoms with van der Waals surface area (Å²) in [4.78, 5) is 39.8. The Hall–Kier alpha value is -16.1. The predicted molar refractivity (Wildman–Crippen MR) is 449 cm³/mol. The van der Waals surface area contributed by atoms with Gasteiger partial charge in [-0.05, 0) is 182 Å². The molecule has 0 aliphatic carbocycles. The third kappa shape index (κ3) is 12.4. The van der Waals surface area contributed by atoms with Crippen LogP contribution in [-0.4, -0.2) is 39.0 Å². The third-order valence-electron chi connectivity index (χ3n) is 20.7. The third-order valence-corrected chi connectivity index (χ3v) is 20.7. The average molecular weight is 1430 g/mol. The molecule has 0 aliphatic rings. The molecule has 12 heteroatoms. The number of rotatable bonds is 14. The summed E-state index contributed by atoms with van der Waals surface area (Å²) in [6.07, 6.45) is 0. The predicted octanol–water partition coefficient (Wildman–Crippen LogP) is 25.1. The van der Waals surface area contributed by atoms with Gasteiger partial charge < -0.3 is 9.13 Å². The number of fused-ring (bicyclic) bond motifs is 6. The quantitative estimate of drug-likeness (QED) is 0.0979. The van der Waals surface area contributed by atoms with Gasteiger partial charge in [-0.2, -0.15) is 10.5 Å². The van der Waals surface area contributed by atoms with Gasteiger partial charge in [0.05, 0.1) is 69.9 Å². The highest BCUT2D eigenvalue weighted by Gasteiger charge is 2.26. The molecule has 0 fully saturated rings. The maximum Gasteiger partial charge on any atom is 0.187 e. The largest absolute Gasteiger partial charge is 0.308 e. The Morgan fingerprint density at radius 2 is 0.473 bits per heavy atom. The van der Waals surface area contributed by atoms with Crippen molar-refractivity contribution in [3.63, 3.8) is 0 Å². The Labute approximate surface area is 645 Å². The summed E-state index contributed by atoms with van der Waals surface area (Å²) < 4.78 is 4.61. The molecule has 4 heterocycles. The molecule has 0 saturated carbocycles. The van der Waals surface area contributed by atoms with E-state index >= 15 is 0 Å². The molecule has 0 amide bonds. The molecule has 19 rings (SSSR count). The van der Waals surface area contributed by atoms with Crippen molar-refractivity contribution in [1.29, 1.82) is 10.5 Å². The SMILES string of the molecule is [C-]#[N+]c1cccc(-c2ccc3c(c2)c2cc(-c4cccc([N+]#[C-])c4)ccc2n3-c2ccc(-c3cccc(-c4ccc(-n5c6ccc(-c7cccc(C#N)c7)cc6c6cc(-c7cccc(C#N)c7)ccc65)c(-c5nc(-c6ccccc6)nc(-c6ccccc6)n5)c4)c3)cc2-c2nc(-c3ccccc3)nc(-c3ccccc3)n2)c1. The second-order valence-corrected chi connectivity index (χ2v) is 27.4. The molecule has 4 aromatic heterocycles. The first kappa shape index (κ1) is 66.6. The Bertz CT molecular complexity index is 6410. The Kier molecular flexibility index (Phi) is 16.8. The van der Waals surface area contributed by atoms with E-state index in [0.29, 0.717) is 57.4 Å². The highest BCUT2D eigenvalue weighted by molar-refractivity contribution is 6.14. The zero-order valence-corrected chi connectivity index (χ0v) is 59.9. The van der Waals surface area contributed by atoms with Crippen molar-refractivity contribution >= 4 is 55.0 Å². The summed E-state index contributed by atoms with van der Waals surface area (Å²) >= 11 is 0. The lowest BCUT2D eigenvalue weighted by Gasteiger charge is -2.18. The minimum absolute atomic E-state index is 0.467. The van der Waals surface area contributed by atoms with E-state index < -0.39 is 0 Å². The van der Waals surface area contributed by atoms with Gasteiger partial charge in [-0.1, -0.05) is 237 Å². The van der Waals surface area contributed by atoms with Crippen LogP contribution in [0.15, 0.2) is 352 Å². The lowest BCUT2D eigenvalue weighted by Crippen LogP contribution is -2.04. The maximum absolute atomic E-state index is 10.1. The van der Waals surface area contributed by atoms with Crippen molar-refractivity contribution in [3.05, 3.63) is 386 Å². The van der Waals surface area contributed by atoms with Crippen LogP contribution in [0.3, 0.4) is 0 Å². The van der Waals surface area contributed by atoms with E-state index in [4.69, 9.17) is 43.0 Å². The maximum atomic E-state index is 10.1. The second-order valence-electron chi connectivity index (χ2n) is 27.4. The molecule has 0 radical (unpaired) electrons. The van der Waals surface area contributed by atoms with Crippen molar-refractivity contribution in [3.8, 4) is 159 Å². The fourth-order valence-corrected chi connectivity index (χ4v) is 15.2. The smallest absolute Gasteiger partial charge is 0.187 e. The minimum atomic E-state index is 0.467. The number of hydrogen-bond acceptors (Lipinski definition) is 8. The van der Waals surface area contributed by atoms with Gasteiger partial charge in [-0.3, -0.25) is 0 Å². The van der Waals surface area contributed by atoms with Crippen LogP contribution in [0.5, 0.6) is 0 Å². The average Bonchev–Trinajstić information content (AvgIpc) is 1.57. The first-order chi connectivity index (χ1) is 55.3. The van der Waals surface area contributed by atoms with Crippen molar-refractivity contribution < 1.29 is 0 Å². The van der Waals surface area contributed by atoms with Crippen molar-refractivity contribution in [1.82, 2.24) is 39.0 Å². The highest BCUT2D eigenvalue weighted by Crippen LogP contribution is 2.45. The molecule has 0 atom stereocenters. The number of hydrogen-bond donors (Lipinski definition) is 0. The monoisotopic (exact) mass is 1430 g/mol. The van der Waals surface area contributed by atoms with Gasteiger partial charge in [0, 0.05) is 54.9 Å². The van der Waals surface area contributed by atoms with Gasteiger partial charge in [-0.25, -0.2) is 39.6 Å². The summed E-state index contributed by atoms with van der Waals surface area (Å²) in [6.45, 7) is 15.8. The lowest BCUT2D eigenvalue weighted by molar-refractivity contribution is 1.06. The summed E-state index contributed by atoms with van der Waals surface area (Å²) in [7, 11) is 0. The zero-order valence-electron chi connectivity index (χ0n) is 59.9. The van der Waals surface area contributed by atoms with Gasteiger partial charge >= 0.3 is 0 Å². The topological polar surface area (TPSA) is 144 Å². The van der Waals surface area contributed by atoms with Gasteiger partial charge in [0.2, 0.25) is 0 Å². The van der Waals surface area contributed by atoms with Crippen LogP contribution in [0.4, 0.5) is 11.4 Å². The van der Waals surface area contributed by atoms with Crippen molar-refractivity contribution in [2.45, 2.75) is 0 Å². The summed E-state index contributed by atoms with van der Waals surface area (Å²) in [5, 5.41) is 24.1. The normalized spacial score (nSPS) is 11.2. The van der Waals surface area contributed by atoms with Crippen molar-refractivity contribution in [2.24, 2.45) is 0 Å². The lowest BCUT2D eigenvalue weighted by atomic mass is 9.95. The molecule has 12 nitrogen and oxygen atoms in total. The summed E-state index contributed by atoms with van der Waals surface area (Å²) in [5.74, 6) is 3.01. The van der Waals surface area contributed by atoms with Gasteiger partial charge in [0.1, 0.15) is 0 Å². The van der Waals surface area contributed by atoms with Crippen LogP contribution in [0, 0.1) is 35.8 Å². The fraction of sp³-hybridized carbons (Fsp3) is 0. The number of nitrogens with zero attached hydrogens (tertiary/aromatic N) is 12. The fourth-order valence-electron chi connectivity index (χ4n) is 15.2. The highest BCUT2D eigenvalue weighted by atomic mass is 15.1. The van der Waals surface area contributed by atoms with Gasteiger partial charge in [0.15, 0.2) is 46.3 Å². The molecule has 0 spiro atoms. The van der Waals surface area contributed by atoms with E-state index in [1.54, 1.807) is 0 Å². The molecule has 0 N–H and O–H groups in total. The molecule has 0 unspecified atom stereocenters. The van der Waals surface area contributed by atoms with Crippen LogP contribution in [0.25, 0.3) is 200 Å². The molecule has 0 saturated heterocycles. The minimum Gasteiger partial charge on any atom is -0.308 e. The molecular formula is C100H58N12. The Balaban J connectivity index is 0.830. The van der Waals surface area contributed by atoms with Gasteiger partial charge in [0.25, 0.3) is 0 Å². The zero-order chi connectivity index (χ0) is 75.2. The van der Waals surface area contributed by atoms with E-state index in [2.05, 4.69) is 164 Å². The summed E-state index contributed by atoms with van der Waals surface area (Å²) in [5.41, 5.74) is 23.7. The molecule has 0 aliphatic heterocycles. The molecule has 0 bridgehead atoms. The van der Waals surface area contributed by atoms with E-state index in [9.17, 15) is 10.5 Å². The van der Waals surface area contributed by atoms with E-state index in [1.165, 1.54) is 0 Å². The van der Waals surface area contributed by atoms with E-state index in [0.717, 1.165) is 155 Å². The number of aromatic nitrogens is 8. The first-order valence-corrected chi connectivity index (χ1v) is 36.5. The second kappa shape index (κ2) is 28.3. The number of nitriles is 2. The molecule has 19 aromatic rings. The number of benzene rings is 15. The molecule has 518 valence electrons. The van der Waals surface area contributed by atoms with Crippen LogP contribution >= 0.6 is 0 Å².